The van der Waals surface area contributed by atoms with Crippen LogP contribution in [0.1, 0.15) is 19.3 Å². The minimum atomic E-state index is -0.443. The molecule has 0 aromatic carbocycles. The zero-order valence-electron chi connectivity index (χ0n) is 10.7. The fourth-order valence-electron chi connectivity index (χ4n) is 2.13. The van der Waals surface area contributed by atoms with Gasteiger partial charge >= 0.3 is 5.69 Å². The van der Waals surface area contributed by atoms with Gasteiger partial charge in [0.2, 0.25) is 5.82 Å². The second kappa shape index (κ2) is 4.93. The summed E-state index contributed by atoms with van der Waals surface area (Å²) in [6.07, 6.45) is 3.11. The van der Waals surface area contributed by atoms with Crippen molar-refractivity contribution < 1.29 is 5.11 Å². The Balaban J connectivity index is 2.47. The maximum absolute atomic E-state index is 12.1. The van der Waals surface area contributed by atoms with Crippen molar-refractivity contribution in [2.45, 2.75) is 25.3 Å². The van der Waals surface area contributed by atoms with E-state index in [1.807, 2.05) is 4.90 Å². The molecule has 7 heteroatoms. The molecule has 1 fully saturated rings. The average molecular weight is 254 g/mol. The van der Waals surface area contributed by atoms with E-state index in [0.717, 1.165) is 28.5 Å². The Morgan fingerprint density at radius 1 is 1.39 bits per heavy atom. The molecule has 0 radical (unpaired) electrons. The van der Waals surface area contributed by atoms with E-state index in [4.69, 9.17) is 5.11 Å². The quantitative estimate of drug-likeness (QED) is 0.732. The maximum Gasteiger partial charge on any atom is 0.346 e. The zero-order valence-corrected chi connectivity index (χ0v) is 10.7. The number of hydrogen-bond donors (Lipinski definition) is 1. The van der Waals surface area contributed by atoms with Gasteiger partial charge in [-0.25, -0.2) is 9.48 Å². The highest BCUT2D eigenvalue weighted by Gasteiger charge is 2.28. The van der Waals surface area contributed by atoms with Crippen LogP contribution in [0.5, 0.6) is 0 Å². The van der Waals surface area contributed by atoms with E-state index in [0.29, 0.717) is 6.54 Å². The average Bonchev–Trinajstić information content (AvgIpc) is 2.28. The third kappa shape index (κ3) is 2.05. The summed E-state index contributed by atoms with van der Waals surface area (Å²) in [4.78, 5) is 25.4. The summed E-state index contributed by atoms with van der Waals surface area (Å²) in [7, 11) is 2.96. The summed E-state index contributed by atoms with van der Waals surface area (Å²) >= 11 is 0. The van der Waals surface area contributed by atoms with Crippen molar-refractivity contribution >= 4 is 5.82 Å². The van der Waals surface area contributed by atoms with Crippen LogP contribution in [0.3, 0.4) is 0 Å². The van der Waals surface area contributed by atoms with Crippen LogP contribution in [0.25, 0.3) is 0 Å². The van der Waals surface area contributed by atoms with Crippen LogP contribution in [-0.2, 0) is 14.1 Å². The van der Waals surface area contributed by atoms with Crippen LogP contribution in [0, 0.1) is 0 Å². The van der Waals surface area contributed by atoms with Crippen molar-refractivity contribution in [2.75, 3.05) is 18.1 Å². The summed E-state index contributed by atoms with van der Waals surface area (Å²) < 4.78 is 2.20. The molecule has 0 spiro atoms. The molecule has 100 valence electrons. The summed E-state index contributed by atoms with van der Waals surface area (Å²) in [5.74, 6) is 0.248. The smallest absolute Gasteiger partial charge is 0.346 e. The van der Waals surface area contributed by atoms with Gasteiger partial charge in [0.1, 0.15) is 0 Å². The van der Waals surface area contributed by atoms with Crippen molar-refractivity contribution in [3.63, 3.8) is 0 Å². The summed E-state index contributed by atoms with van der Waals surface area (Å²) in [6.45, 7) is 0.329. The Bertz CT molecular complexity index is 544. The first-order valence-electron chi connectivity index (χ1n) is 6.08. The van der Waals surface area contributed by atoms with Crippen LogP contribution in [-0.4, -0.2) is 38.6 Å². The lowest BCUT2D eigenvalue weighted by Crippen LogP contribution is -2.49. The van der Waals surface area contributed by atoms with Gasteiger partial charge in [0, 0.05) is 26.7 Å². The molecule has 1 heterocycles. The lowest BCUT2D eigenvalue weighted by Gasteiger charge is -2.37. The third-order valence-electron chi connectivity index (χ3n) is 3.43. The molecule has 1 aromatic rings. The lowest BCUT2D eigenvalue weighted by molar-refractivity contribution is 0.281. The van der Waals surface area contributed by atoms with Gasteiger partial charge in [-0.2, -0.15) is 0 Å². The Morgan fingerprint density at radius 2 is 2.06 bits per heavy atom. The van der Waals surface area contributed by atoms with Crippen molar-refractivity contribution in [3.05, 3.63) is 20.8 Å². The highest BCUT2D eigenvalue weighted by Crippen LogP contribution is 2.26. The van der Waals surface area contributed by atoms with E-state index in [-0.39, 0.29) is 18.5 Å². The number of hydrogen-bond acceptors (Lipinski definition) is 5. The molecule has 1 aromatic heterocycles. The molecule has 7 nitrogen and oxygen atoms in total. The number of rotatable bonds is 4. The first-order chi connectivity index (χ1) is 8.56. The Labute approximate surface area is 104 Å². The predicted octanol–water partition coefficient (Wildman–Crippen LogP) is -1.17. The highest BCUT2D eigenvalue weighted by molar-refractivity contribution is 5.37. The van der Waals surface area contributed by atoms with E-state index in [2.05, 4.69) is 5.10 Å². The van der Waals surface area contributed by atoms with Gasteiger partial charge in [0.15, 0.2) is 0 Å². The fraction of sp³-hybridized carbons (Fsp3) is 0.727. The van der Waals surface area contributed by atoms with Gasteiger partial charge in [-0.05, 0) is 19.3 Å². The van der Waals surface area contributed by atoms with Crippen molar-refractivity contribution in [2.24, 2.45) is 14.1 Å². The summed E-state index contributed by atoms with van der Waals surface area (Å²) in [5, 5.41) is 13.1. The molecule has 0 bridgehead atoms. The minimum absolute atomic E-state index is 0.0375. The molecule has 1 aliphatic rings. The largest absolute Gasteiger partial charge is 0.395 e. The SMILES string of the molecule is Cn1nc(N(CCO)C2CCC2)c(=O)n(C)c1=O. The Hall–Kier alpha value is -1.63. The van der Waals surface area contributed by atoms with Gasteiger partial charge in [-0.3, -0.25) is 9.36 Å². The van der Waals surface area contributed by atoms with E-state index >= 15 is 0 Å². The van der Waals surface area contributed by atoms with Gasteiger partial charge in [0.25, 0.3) is 5.56 Å². The second-order valence-corrected chi connectivity index (χ2v) is 4.60. The molecule has 0 amide bonds. The molecule has 18 heavy (non-hydrogen) atoms. The molecule has 0 aliphatic heterocycles. The van der Waals surface area contributed by atoms with Gasteiger partial charge < -0.3 is 10.0 Å². The fourth-order valence-corrected chi connectivity index (χ4v) is 2.13. The first kappa shape index (κ1) is 12.8. The van der Waals surface area contributed by atoms with Crippen molar-refractivity contribution in [1.82, 2.24) is 14.3 Å². The van der Waals surface area contributed by atoms with E-state index in [9.17, 15) is 9.59 Å². The standard InChI is InChI=1S/C11H18N4O3/c1-13-10(17)9(12-14(2)11(13)18)15(6-7-16)8-4-3-5-8/h8,16H,3-7H2,1-2H3. The van der Waals surface area contributed by atoms with Crippen molar-refractivity contribution in [1.29, 1.82) is 0 Å². The number of nitrogens with zero attached hydrogens (tertiary/aromatic N) is 4. The van der Waals surface area contributed by atoms with Crippen LogP contribution < -0.4 is 16.1 Å². The Morgan fingerprint density at radius 3 is 2.56 bits per heavy atom. The number of anilines is 1. The molecule has 0 saturated heterocycles. The van der Waals surface area contributed by atoms with Crippen LogP contribution >= 0.6 is 0 Å². The van der Waals surface area contributed by atoms with Crippen molar-refractivity contribution in [3.8, 4) is 0 Å². The number of aromatic nitrogens is 3. The zero-order chi connectivity index (χ0) is 13.3. The molecule has 0 unspecified atom stereocenters. The first-order valence-corrected chi connectivity index (χ1v) is 6.08. The van der Waals surface area contributed by atoms with Crippen LogP contribution in [0.2, 0.25) is 0 Å². The number of aliphatic hydroxyl groups is 1. The molecule has 1 saturated carbocycles. The molecule has 0 atom stereocenters. The molecule has 2 rings (SSSR count). The highest BCUT2D eigenvalue weighted by atomic mass is 16.3. The summed E-state index contributed by atoms with van der Waals surface area (Å²) in [6, 6.07) is 0.245. The molecular formula is C11H18N4O3. The number of aryl methyl sites for hydroxylation is 1. The summed E-state index contributed by atoms with van der Waals surface area (Å²) in [5.41, 5.74) is -0.847. The molecule has 1 N–H and O–H groups in total. The van der Waals surface area contributed by atoms with Crippen LogP contribution in [0.4, 0.5) is 5.82 Å². The molecule has 1 aliphatic carbocycles. The second-order valence-electron chi connectivity index (χ2n) is 4.60. The van der Waals surface area contributed by atoms with Gasteiger partial charge in [0.05, 0.1) is 6.61 Å². The van der Waals surface area contributed by atoms with E-state index in [1.54, 1.807) is 0 Å². The third-order valence-corrected chi connectivity index (χ3v) is 3.43. The predicted molar refractivity (Wildman–Crippen MR) is 66.8 cm³/mol. The number of aliphatic hydroxyl groups excluding tert-OH is 1. The van der Waals surface area contributed by atoms with E-state index in [1.165, 1.54) is 14.1 Å². The lowest BCUT2D eigenvalue weighted by atomic mass is 9.91. The maximum atomic E-state index is 12.1. The Kier molecular flexibility index (Phi) is 3.51. The van der Waals surface area contributed by atoms with E-state index < -0.39 is 11.2 Å². The van der Waals surface area contributed by atoms with Gasteiger partial charge in [-0.1, -0.05) is 0 Å². The van der Waals surface area contributed by atoms with Gasteiger partial charge in [-0.15, -0.1) is 5.10 Å². The molecular weight excluding hydrogens is 236 g/mol. The monoisotopic (exact) mass is 254 g/mol. The minimum Gasteiger partial charge on any atom is -0.395 e. The van der Waals surface area contributed by atoms with Crippen LogP contribution in [0.15, 0.2) is 9.59 Å². The topological polar surface area (TPSA) is 80.4 Å². The normalized spacial score (nSPS) is 15.5.